The van der Waals surface area contributed by atoms with Gasteiger partial charge < -0.3 is 4.98 Å². The summed E-state index contributed by atoms with van der Waals surface area (Å²) >= 11 is 0. The number of carbonyl (C=O) groups excluding carboxylic acids is 1. The Kier molecular flexibility index (Phi) is 5.76. The monoisotopic (exact) mass is 523 g/mol. The summed E-state index contributed by atoms with van der Waals surface area (Å²) in [5.41, 5.74) is 1.70. The highest BCUT2D eigenvalue weighted by Gasteiger charge is 2.30. The van der Waals surface area contributed by atoms with Gasteiger partial charge in [0.15, 0.2) is 5.82 Å². The van der Waals surface area contributed by atoms with Gasteiger partial charge in [0.25, 0.3) is 0 Å². The number of hydrogen-bond donors (Lipinski definition) is 2. The van der Waals surface area contributed by atoms with Gasteiger partial charge in [0.2, 0.25) is 5.78 Å². The molecule has 0 radical (unpaired) electrons. The summed E-state index contributed by atoms with van der Waals surface area (Å²) in [4.78, 5) is 25.1. The molecule has 1 aromatic carbocycles. The van der Waals surface area contributed by atoms with Crippen LogP contribution in [0.3, 0.4) is 0 Å². The molecule has 1 saturated carbocycles. The van der Waals surface area contributed by atoms with Gasteiger partial charge in [-0.3, -0.25) is 14.5 Å². The van der Waals surface area contributed by atoms with E-state index in [1.165, 1.54) is 10.5 Å². The van der Waals surface area contributed by atoms with Crippen molar-refractivity contribution in [1.82, 2.24) is 19.3 Å². The third-order valence-corrected chi connectivity index (χ3v) is 8.37. The summed E-state index contributed by atoms with van der Waals surface area (Å²) in [5, 5.41) is 0.397. The largest absolute Gasteiger partial charge is 0.345 e. The first-order valence-electron chi connectivity index (χ1n) is 12.1. The van der Waals surface area contributed by atoms with E-state index in [4.69, 9.17) is 0 Å². The number of rotatable bonds is 7. The van der Waals surface area contributed by atoms with Crippen molar-refractivity contribution >= 4 is 32.7 Å². The minimum Gasteiger partial charge on any atom is -0.345 e. The molecule has 0 amide bonds. The van der Waals surface area contributed by atoms with Crippen molar-refractivity contribution in [2.24, 2.45) is 0 Å². The van der Waals surface area contributed by atoms with Crippen molar-refractivity contribution in [2.45, 2.75) is 31.6 Å². The quantitative estimate of drug-likeness (QED) is 0.340. The number of halogens is 2. The van der Waals surface area contributed by atoms with Gasteiger partial charge in [-0.25, -0.2) is 13.8 Å². The SMILES string of the molecule is O=C(c1c(F)ccc(NS(=O)(=O)N2CCCC2)c1F)c1c[nH]c2ncc(-c3ccnc(C4CC4)c3)cc12. The fourth-order valence-electron chi connectivity index (χ4n) is 4.69. The van der Waals surface area contributed by atoms with Gasteiger partial charge in [-0.05, 0) is 61.6 Å². The summed E-state index contributed by atoms with van der Waals surface area (Å²) in [6.45, 7) is 0.627. The molecule has 2 fully saturated rings. The smallest absolute Gasteiger partial charge is 0.301 e. The van der Waals surface area contributed by atoms with Crippen molar-refractivity contribution in [2.75, 3.05) is 17.8 Å². The second-order valence-corrected chi connectivity index (χ2v) is 11.1. The number of aromatic amines is 1. The predicted octanol–water partition coefficient (Wildman–Crippen LogP) is 4.76. The molecule has 1 aliphatic heterocycles. The summed E-state index contributed by atoms with van der Waals surface area (Å²) in [6, 6.07) is 7.44. The first-order valence-corrected chi connectivity index (χ1v) is 13.5. The van der Waals surface area contributed by atoms with Gasteiger partial charge in [-0.1, -0.05) is 0 Å². The average Bonchev–Trinajstić information content (AvgIpc) is 3.41. The number of pyridine rings is 2. The van der Waals surface area contributed by atoms with Gasteiger partial charge >= 0.3 is 10.2 Å². The zero-order valence-electron chi connectivity index (χ0n) is 19.7. The Balaban J connectivity index is 1.37. The number of ketones is 1. The Morgan fingerprint density at radius 2 is 1.84 bits per heavy atom. The Hall–Kier alpha value is -3.70. The third-order valence-electron chi connectivity index (χ3n) is 6.85. The summed E-state index contributed by atoms with van der Waals surface area (Å²) in [6.07, 6.45) is 8.36. The van der Waals surface area contributed by atoms with Crippen molar-refractivity contribution in [3.05, 3.63) is 77.4 Å². The Labute approximate surface area is 211 Å². The predicted molar refractivity (Wildman–Crippen MR) is 134 cm³/mol. The minimum absolute atomic E-state index is 0.0261. The van der Waals surface area contributed by atoms with Gasteiger partial charge in [-0.2, -0.15) is 12.7 Å². The van der Waals surface area contributed by atoms with E-state index in [0.717, 1.165) is 41.8 Å². The van der Waals surface area contributed by atoms with Crippen LogP contribution in [0.1, 0.15) is 53.2 Å². The van der Waals surface area contributed by atoms with Crippen LogP contribution in [0.5, 0.6) is 0 Å². The number of carbonyl (C=O) groups is 1. The lowest BCUT2D eigenvalue weighted by Gasteiger charge is -2.18. The first kappa shape index (κ1) is 23.7. The topological polar surface area (TPSA) is 108 Å². The molecule has 0 spiro atoms. The lowest BCUT2D eigenvalue weighted by atomic mass is 9.99. The Morgan fingerprint density at radius 3 is 2.59 bits per heavy atom. The van der Waals surface area contributed by atoms with Crippen LogP contribution in [-0.2, 0) is 10.2 Å². The number of nitrogens with zero attached hydrogens (tertiary/aromatic N) is 3. The van der Waals surface area contributed by atoms with E-state index in [0.29, 0.717) is 42.9 Å². The second-order valence-electron chi connectivity index (χ2n) is 9.39. The molecule has 4 heterocycles. The molecule has 190 valence electrons. The number of benzene rings is 1. The number of fused-ring (bicyclic) bond motifs is 1. The molecule has 2 N–H and O–H groups in total. The lowest BCUT2D eigenvalue weighted by molar-refractivity contribution is 0.103. The van der Waals surface area contributed by atoms with E-state index in [-0.39, 0.29) is 5.56 Å². The minimum atomic E-state index is -4.03. The fourth-order valence-corrected chi connectivity index (χ4v) is 5.99. The molecular formula is C26H23F2N5O3S. The zero-order valence-corrected chi connectivity index (χ0v) is 20.5. The number of nitrogens with one attached hydrogen (secondary N) is 2. The summed E-state index contributed by atoms with van der Waals surface area (Å²) < 4.78 is 58.8. The van der Waals surface area contributed by atoms with Crippen LogP contribution in [0.15, 0.2) is 48.9 Å². The number of anilines is 1. The molecule has 1 saturated heterocycles. The Bertz CT molecular complexity index is 1640. The van der Waals surface area contributed by atoms with Crippen LogP contribution in [0.2, 0.25) is 0 Å². The molecule has 0 atom stereocenters. The molecule has 4 aromatic rings. The molecule has 0 bridgehead atoms. The van der Waals surface area contributed by atoms with E-state index >= 15 is 4.39 Å². The van der Waals surface area contributed by atoms with E-state index < -0.39 is 38.9 Å². The highest BCUT2D eigenvalue weighted by atomic mass is 32.2. The maximum atomic E-state index is 15.4. The average molecular weight is 524 g/mol. The van der Waals surface area contributed by atoms with Gasteiger partial charge in [-0.15, -0.1) is 0 Å². The number of hydrogen-bond acceptors (Lipinski definition) is 5. The van der Waals surface area contributed by atoms with Crippen LogP contribution in [-0.4, -0.2) is 46.5 Å². The van der Waals surface area contributed by atoms with Gasteiger partial charge in [0, 0.05) is 59.8 Å². The third kappa shape index (κ3) is 4.38. The number of H-pyrrole nitrogens is 1. The summed E-state index contributed by atoms with van der Waals surface area (Å²) in [5.74, 6) is -2.82. The van der Waals surface area contributed by atoms with Crippen LogP contribution < -0.4 is 4.72 Å². The molecule has 6 rings (SSSR count). The first-order chi connectivity index (χ1) is 17.8. The molecular weight excluding hydrogens is 500 g/mol. The van der Waals surface area contributed by atoms with Gasteiger partial charge in [0.05, 0.1) is 11.3 Å². The highest BCUT2D eigenvalue weighted by Crippen LogP contribution is 2.40. The Morgan fingerprint density at radius 1 is 1.05 bits per heavy atom. The van der Waals surface area contributed by atoms with Crippen molar-refractivity contribution in [3.8, 4) is 11.1 Å². The molecule has 3 aromatic heterocycles. The van der Waals surface area contributed by atoms with Crippen LogP contribution in [0.4, 0.5) is 14.5 Å². The molecule has 1 aliphatic carbocycles. The maximum absolute atomic E-state index is 15.4. The molecule has 8 nitrogen and oxygen atoms in total. The van der Waals surface area contributed by atoms with Crippen LogP contribution in [0, 0.1) is 11.6 Å². The summed E-state index contributed by atoms with van der Waals surface area (Å²) in [7, 11) is -4.03. The highest BCUT2D eigenvalue weighted by molar-refractivity contribution is 7.90. The van der Waals surface area contributed by atoms with E-state index in [9.17, 15) is 17.6 Å². The lowest BCUT2D eigenvalue weighted by Crippen LogP contribution is -2.33. The molecule has 0 unspecified atom stereocenters. The zero-order chi connectivity index (χ0) is 25.7. The molecule has 11 heteroatoms. The standard InChI is InChI=1S/C26H23F2N5O3S/c27-20-5-6-21(32-37(35,36)33-9-1-2-10-33)24(28)23(20)25(34)19-14-31-26-18(19)11-17(13-30-26)16-7-8-29-22(12-16)15-3-4-15/h5-8,11-15,32H,1-4,9-10H2,(H,30,31). The maximum Gasteiger partial charge on any atom is 0.301 e. The van der Waals surface area contributed by atoms with Crippen molar-refractivity contribution in [3.63, 3.8) is 0 Å². The van der Waals surface area contributed by atoms with E-state index in [1.54, 1.807) is 18.5 Å². The fraction of sp³-hybridized carbons (Fsp3) is 0.269. The van der Waals surface area contributed by atoms with E-state index in [2.05, 4.69) is 19.7 Å². The molecule has 2 aliphatic rings. The van der Waals surface area contributed by atoms with E-state index in [1.807, 2.05) is 12.1 Å². The normalized spacial score (nSPS) is 16.4. The van der Waals surface area contributed by atoms with Crippen LogP contribution in [0.25, 0.3) is 22.2 Å². The van der Waals surface area contributed by atoms with Crippen molar-refractivity contribution < 1.29 is 22.0 Å². The van der Waals surface area contributed by atoms with Crippen molar-refractivity contribution in [1.29, 1.82) is 0 Å². The van der Waals surface area contributed by atoms with Gasteiger partial charge in [0.1, 0.15) is 11.5 Å². The molecule has 37 heavy (non-hydrogen) atoms. The second kappa shape index (κ2) is 9.00. The van der Waals surface area contributed by atoms with Crippen LogP contribution >= 0.6 is 0 Å². The number of aromatic nitrogens is 3.